The Balaban J connectivity index is 0.00000161. The molecule has 116 valence electrons. The monoisotopic (exact) mass is 309 g/mol. The number of rotatable bonds is 3. The van der Waals surface area contributed by atoms with Crippen molar-refractivity contribution in [1.29, 1.82) is 0 Å². The number of likely N-dealkylation sites (tertiary alicyclic amines) is 1. The molecule has 21 heavy (non-hydrogen) atoms. The lowest BCUT2D eigenvalue weighted by atomic mass is 9.86. The van der Waals surface area contributed by atoms with Gasteiger partial charge in [0.25, 0.3) is 0 Å². The summed E-state index contributed by atoms with van der Waals surface area (Å²) in [5.74, 6) is -0.00432. The van der Waals surface area contributed by atoms with E-state index in [0.29, 0.717) is 5.41 Å². The maximum Gasteiger partial charge on any atom is 0.221 e. The first-order chi connectivity index (χ1) is 9.67. The molecule has 2 aliphatic heterocycles. The Kier molecular flexibility index (Phi) is 5.25. The lowest BCUT2D eigenvalue weighted by Crippen LogP contribution is -2.29. The van der Waals surface area contributed by atoms with E-state index in [9.17, 15) is 4.79 Å². The van der Waals surface area contributed by atoms with Crippen LogP contribution in [0.4, 0.5) is 5.69 Å². The zero-order chi connectivity index (χ0) is 14.0. The molecule has 3 rings (SSSR count). The van der Waals surface area contributed by atoms with E-state index in [-0.39, 0.29) is 18.3 Å². The van der Waals surface area contributed by atoms with Crippen LogP contribution >= 0.6 is 12.4 Å². The maximum atomic E-state index is 11.3. The van der Waals surface area contributed by atoms with Crippen LogP contribution in [0.2, 0.25) is 0 Å². The summed E-state index contributed by atoms with van der Waals surface area (Å²) in [6.45, 7) is 7.15. The minimum Gasteiger partial charge on any atom is -0.326 e. The number of benzene rings is 1. The lowest BCUT2D eigenvalue weighted by molar-refractivity contribution is -0.114. The number of nitrogens with one attached hydrogen (secondary N) is 2. The van der Waals surface area contributed by atoms with E-state index in [1.54, 1.807) is 6.92 Å². The van der Waals surface area contributed by atoms with Crippen molar-refractivity contribution in [2.45, 2.75) is 26.3 Å². The van der Waals surface area contributed by atoms with E-state index in [1.807, 2.05) is 18.2 Å². The van der Waals surface area contributed by atoms with Crippen molar-refractivity contribution < 1.29 is 4.79 Å². The van der Waals surface area contributed by atoms with Crippen LogP contribution in [0.25, 0.3) is 0 Å². The van der Waals surface area contributed by atoms with Crippen molar-refractivity contribution in [3.05, 3.63) is 29.8 Å². The van der Waals surface area contributed by atoms with E-state index < -0.39 is 0 Å². The molecule has 0 aliphatic carbocycles. The Morgan fingerprint density at radius 1 is 1.38 bits per heavy atom. The Morgan fingerprint density at radius 2 is 2.19 bits per heavy atom. The standard InChI is InChI=1S/C16H23N3O.ClH/c1-13(20)18-15-5-3-2-4-14(15)10-19-9-7-16(12-19)6-8-17-11-16;/h2-5,17H,6-12H2,1H3,(H,18,20);1H. The molecule has 2 saturated heterocycles. The van der Waals surface area contributed by atoms with Crippen LogP contribution in [0.3, 0.4) is 0 Å². The number of carbonyl (C=O) groups is 1. The predicted molar refractivity (Wildman–Crippen MR) is 87.8 cm³/mol. The minimum absolute atomic E-state index is 0. The summed E-state index contributed by atoms with van der Waals surface area (Å²) in [5.41, 5.74) is 2.67. The molecule has 0 bridgehead atoms. The number of amides is 1. The van der Waals surface area contributed by atoms with Crippen molar-refractivity contribution in [2.75, 3.05) is 31.5 Å². The highest BCUT2D eigenvalue weighted by atomic mass is 35.5. The number of nitrogens with zero attached hydrogens (tertiary/aromatic N) is 1. The Bertz CT molecular complexity index is 500. The fourth-order valence-corrected chi connectivity index (χ4v) is 3.52. The van der Waals surface area contributed by atoms with Crippen LogP contribution in [0.15, 0.2) is 24.3 Å². The first-order valence-electron chi connectivity index (χ1n) is 7.46. The van der Waals surface area contributed by atoms with E-state index >= 15 is 0 Å². The average molecular weight is 310 g/mol. The highest BCUT2D eigenvalue weighted by Gasteiger charge is 2.40. The third-order valence-corrected chi connectivity index (χ3v) is 4.57. The molecule has 1 atom stereocenters. The van der Waals surface area contributed by atoms with Crippen molar-refractivity contribution in [2.24, 2.45) is 5.41 Å². The van der Waals surface area contributed by atoms with Crippen LogP contribution in [0.5, 0.6) is 0 Å². The second-order valence-corrected chi connectivity index (χ2v) is 6.23. The lowest BCUT2D eigenvalue weighted by Gasteiger charge is -2.23. The SMILES string of the molecule is CC(=O)Nc1ccccc1CN1CCC2(CCNC2)C1.Cl. The number of para-hydroxylation sites is 1. The normalized spacial score (nSPS) is 25.0. The van der Waals surface area contributed by atoms with Crippen LogP contribution in [0.1, 0.15) is 25.3 Å². The fraction of sp³-hybridized carbons (Fsp3) is 0.562. The Morgan fingerprint density at radius 3 is 2.90 bits per heavy atom. The first-order valence-corrected chi connectivity index (χ1v) is 7.46. The van der Waals surface area contributed by atoms with Crippen LogP contribution in [-0.2, 0) is 11.3 Å². The van der Waals surface area contributed by atoms with Crippen molar-refractivity contribution >= 4 is 24.0 Å². The molecule has 5 heteroatoms. The summed E-state index contributed by atoms with van der Waals surface area (Å²) in [6.07, 6.45) is 2.60. The molecule has 2 heterocycles. The van der Waals surface area contributed by atoms with Gasteiger partial charge in [0.15, 0.2) is 0 Å². The third-order valence-electron chi connectivity index (χ3n) is 4.57. The smallest absolute Gasteiger partial charge is 0.221 e. The van der Waals surface area contributed by atoms with Gasteiger partial charge in [-0.15, -0.1) is 12.4 Å². The molecule has 1 aromatic carbocycles. The van der Waals surface area contributed by atoms with Gasteiger partial charge >= 0.3 is 0 Å². The minimum atomic E-state index is -0.00432. The first kappa shape index (κ1) is 16.3. The summed E-state index contributed by atoms with van der Waals surface area (Å²) in [4.78, 5) is 13.8. The van der Waals surface area contributed by atoms with E-state index in [1.165, 1.54) is 24.9 Å². The molecule has 1 unspecified atom stereocenters. The summed E-state index contributed by atoms with van der Waals surface area (Å²) in [7, 11) is 0. The summed E-state index contributed by atoms with van der Waals surface area (Å²) < 4.78 is 0. The largest absolute Gasteiger partial charge is 0.326 e. The quantitative estimate of drug-likeness (QED) is 0.900. The highest BCUT2D eigenvalue weighted by Crippen LogP contribution is 2.36. The van der Waals surface area contributed by atoms with Gasteiger partial charge in [-0.1, -0.05) is 18.2 Å². The molecule has 2 N–H and O–H groups in total. The number of hydrogen-bond acceptors (Lipinski definition) is 3. The fourth-order valence-electron chi connectivity index (χ4n) is 3.52. The molecular formula is C16H24ClN3O. The van der Waals surface area contributed by atoms with E-state index in [0.717, 1.165) is 31.9 Å². The average Bonchev–Trinajstić information content (AvgIpc) is 3.02. The van der Waals surface area contributed by atoms with Gasteiger partial charge < -0.3 is 10.6 Å². The molecule has 1 amide bonds. The van der Waals surface area contributed by atoms with Crippen LogP contribution in [0, 0.1) is 5.41 Å². The summed E-state index contributed by atoms with van der Waals surface area (Å²) in [6, 6.07) is 8.12. The maximum absolute atomic E-state index is 11.3. The van der Waals surface area contributed by atoms with Crippen LogP contribution in [-0.4, -0.2) is 37.0 Å². The molecule has 1 aromatic rings. The van der Waals surface area contributed by atoms with Crippen molar-refractivity contribution in [3.8, 4) is 0 Å². The Labute approximate surface area is 132 Å². The molecule has 4 nitrogen and oxygen atoms in total. The molecule has 1 spiro atoms. The van der Waals surface area contributed by atoms with Gasteiger partial charge in [0.1, 0.15) is 0 Å². The molecule has 2 aliphatic rings. The van der Waals surface area contributed by atoms with Crippen molar-refractivity contribution in [1.82, 2.24) is 10.2 Å². The van der Waals surface area contributed by atoms with Crippen molar-refractivity contribution in [3.63, 3.8) is 0 Å². The van der Waals surface area contributed by atoms with E-state index in [2.05, 4.69) is 21.6 Å². The summed E-state index contributed by atoms with van der Waals surface area (Å²) in [5, 5.41) is 6.42. The van der Waals surface area contributed by atoms with Crippen LogP contribution < -0.4 is 10.6 Å². The second-order valence-electron chi connectivity index (χ2n) is 6.23. The Hall–Kier alpha value is -1.10. The molecule has 0 saturated carbocycles. The number of halogens is 1. The molecular weight excluding hydrogens is 286 g/mol. The van der Waals surface area contributed by atoms with Gasteiger partial charge in [-0.05, 0) is 43.0 Å². The topological polar surface area (TPSA) is 44.4 Å². The number of hydrogen-bond donors (Lipinski definition) is 2. The van der Waals surface area contributed by atoms with Gasteiger partial charge in [-0.3, -0.25) is 9.69 Å². The van der Waals surface area contributed by atoms with Gasteiger partial charge in [0, 0.05) is 32.2 Å². The van der Waals surface area contributed by atoms with Gasteiger partial charge in [0.2, 0.25) is 5.91 Å². The molecule has 2 fully saturated rings. The zero-order valence-corrected chi connectivity index (χ0v) is 13.3. The molecule has 0 aromatic heterocycles. The van der Waals surface area contributed by atoms with Gasteiger partial charge in [-0.2, -0.15) is 0 Å². The van der Waals surface area contributed by atoms with E-state index in [4.69, 9.17) is 0 Å². The predicted octanol–water partition coefficient (Wildman–Crippen LogP) is 2.25. The van der Waals surface area contributed by atoms with Gasteiger partial charge in [0.05, 0.1) is 0 Å². The number of anilines is 1. The number of carbonyl (C=O) groups excluding carboxylic acids is 1. The zero-order valence-electron chi connectivity index (χ0n) is 12.5. The summed E-state index contributed by atoms with van der Waals surface area (Å²) >= 11 is 0. The second kappa shape index (κ2) is 6.77. The molecule has 0 radical (unpaired) electrons. The highest BCUT2D eigenvalue weighted by molar-refractivity contribution is 5.89. The van der Waals surface area contributed by atoms with Gasteiger partial charge in [-0.25, -0.2) is 0 Å². The third kappa shape index (κ3) is 3.76.